The van der Waals surface area contributed by atoms with Crippen LogP contribution in [0.4, 0.5) is 0 Å². The molecular formula is C12H15Cl2IN2O. The molecule has 0 aromatic heterocycles. The Bertz CT molecular complexity index is 423. The summed E-state index contributed by atoms with van der Waals surface area (Å²) in [7, 11) is 0. The normalized spacial score (nSPS) is 18.9. The lowest BCUT2D eigenvalue weighted by atomic mass is 10.1. The first-order valence-corrected chi connectivity index (χ1v) is 7.09. The minimum absolute atomic E-state index is 0. The van der Waals surface area contributed by atoms with Gasteiger partial charge in [-0.2, -0.15) is 0 Å². The topological polar surface area (TPSA) is 41.1 Å². The van der Waals surface area contributed by atoms with E-state index in [1.54, 1.807) is 12.1 Å². The van der Waals surface area contributed by atoms with Gasteiger partial charge in [0.2, 0.25) is 0 Å². The second-order valence-corrected chi connectivity index (χ2v) is 5.72. The number of carbonyl (C=O) groups is 1. The Morgan fingerprint density at radius 2 is 2.28 bits per heavy atom. The summed E-state index contributed by atoms with van der Waals surface area (Å²) in [5.74, 6) is -0.0444. The summed E-state index contributed by atoms with van der Waals surface area (Å²) in [5.41, 5.74) is 0.626. The molecule has 1 aromatic rings. The maximum absolute atomic E-state index is 12.0. The lowest BCUT2D eigenvalue weighted by Crippen LogP contribution is -2.45. The molecule has 3 nitrogen and oxygen atoms in total. The van der Waals surface area contributed by atoms with E-state index in [-0.39, 0.29) is 24.4 Å². The minimum atomic E-state index is -0.0444. The van der Waals surface area contributed by atoms with E-state index < -0.39 is 0 Å². The molecule has 0 unspecified atom stereocenters. The summed E-state index contributed by atoms with van der Waals surface area (Å²) < 4.78 is 0.958. The summed E-state index contributed by atoms with van der Waals surface area (Å²) >= 11 is 8.15. The number of amides is 1. The lowest BCUT2D eigenvalue weighted by molar-refractivity contribution is 0.0930. The van der Waals surface area contributed by atoms with E-state index in [0.717, 1.165) is 29.5 Å². The Hall–Kier alpha value is -0.0400. The second-order valence-electron chi connectivity index (χ2n) is 4.15. The molecule has 2 N–H and O–H groups in total. The maximum Gasteiger partial charge on any atom is 0.251 e. The highest BCUT2D eigenvalue weighted by Gasteiger charge is 2.16. The predicted molar refractivity (Wildman–Crippen MR) is 84.8 cm³/mol. The number of halogens is 3. The number of nitrogens with one attached hydrogen (secondary N) is 2. The molecule has 1 amide bonds. The van der Waals surface area contributed by atoms with Gasteiger partial charge < -0.3 is 10.6 Å². The molecule has 1 fully saturated rings. The van der Waals surface area contributed by atoms with E-state index >= 15 is 0 Å². The third kappa shape index (κ3) is 4.26. The molecule has 18 heavy (non-hydrogen) atoms. The SMILES string of the molecule is Cl.O=C(N[C@@H]1CCCNC1)c1ccc(I)c(Cl)c1. The highest BCUT2D eigenvalue weighted by Crippen LogP contribution is 2.19. The van der Waals surface area contributed by atoms with Crippen molar-refractivity contribution in [3.05, 3.63) is 32.4 Å². The van der Waals surface area contributed by atoms with Gasteiger partial charge in [0.05, 0.1) is 5.02 Å². The van der Waals surface area contributed by atoms with Crippen LogP contribution >= 0.6 is 46.6 Å². The summed E-state index contributed by atoms with van der Waals surface area (Å²) in [6.45, 7) is 1.89. The van der Waals surface area contributed by atoms with Crippen LogP contribution in [0.25, 0.3) is 0 Å². The van der Waals surface area contributed by atoms with E-state index in [2.05, 4.69) is 33.2 Å². The average Bonchev–Trinajstić information content (AvgIpc) is 2.34. The summed E-state index contributed by atoms with van der Waals surface area (Å²) in [4.78, 5) is 12.0. The first-order valence-electron chi connectivity index (χ1n) is 5.63. The van der Waals surface area contributed by atoms with Crippen molar-refractivity contribution >= 4 is 52.5 Å². The van der Waals surface area contributed by atoms with Crippen LogP contribution in [-0.2, 0) is 0 Å². The van der Waals surface area contributed by atoms with Crippen molar-refractivity contribution in [1.82, 2.24) is 10.6 Å². The van der Waals surface area contributed by atoms with E-state index in [1.807, 2.05) is 6.07 Å². The first kappa shape index (κ1) is 16.0. The lowest BCUT2D eigenvalue weighted by Gasteiger charge is -2.23. The number of carbonyl (C=O) groups excluding carboxylic acids is 1. The molecule has 2 rings (SSSR count). The molecule has 0 bridgehead atoms. The predicted octanol–water partition coefficient (Wildman–Crippen LogP) is 2.85. The largest absolute Gasteiger partial charge is 0.348 e. The molecule has 1 heterocycles. The van der Waals surface area contributed by atoms with Gasteiger partial charge in [0.1, 0.15) is 0 Å². The Kier molecular flexibility index (Phi) is 6.70. The first-order chi connectivity index (χ1) is 8.16. The molecule has 0 aliphatic carbocycles. The zero-order chi connectivity index (χ0) is 12.3. The number of hydrogen-bond donors (Lipinski definition) is 2. The molecule has 1 saturated heterocycles. The van der Waals surface area contributed by atoms with Gasteiger partial charge in [-0.15, -0.1) is 12.4 Å². The highest BCUT2D eigenvalue weighted by atomic mass is 127. The van der Waals surface area contributed by atoms with Gasteiger partial charge in [0.25, 0.3) is 5.91 Å². The molecular weight excluding hydrogens is 386 g/mol. The van der Waals surface area contributed by atoms with Gasteiger partial charge in [-0.05, 0) is 60.2 Å². The van der Waals surface area contributed by atoms with Crippen LogP contribution in [0, 0.1) is 3.57 Å². The van der Waals surface area contributed by atoms with Crippen LogP contribution in [-0.4, -0.2) is 25.0 Å². The van der Waals surface area contributed by atoms with E-state index in [0.29, 0.717) is 10.6 Å². The van der Waals surface area contributed by atoms with E-state index in [1.165, 1.54) is 0 Å². The van der Waals surface area contributed by atoms with Crippen molar-refractivity contribution in [3.63, 3.8) is 0 Å². The maximum atomic E-state index is 12.0. The highest BCUT2D eigenvalue weighted by molar-refractivity contribution is 14.1. The smallest absolute Gasteiger partial charge is 0.251 e. The van der Waals surface area contributed by atoms with Gasteiger partial charge in [-0.3, -0.25) is 4.79 Å². The van der Waals surface area contributed by atoms with E-state index in [9.17, 15) is 4.79 Å². The Morgan fingerprint density at radius 3 is 2.89 bits per heavy atom. The van der Waals surface area contributed by atoms with E-state index in [4.69, 9.17) is 11.6 Å². The Morgan fingerprint density at radius 1 is 1.50 bits per heavy atom. The zero-order valence-corrected chi connectivity index (χ0v) is 13.4. The van der Waals surface area contributed by atoms with Gasteiger partial charge in [-0.25, -0.2) is 0 Å². The second kappa shape index (κ2) is 7.53. The molecule has 100 valence electrons. The molecule has 1 aromatic carbocycles. The molecule has 1 aliphatic rings. The van der Waals surface area contributed by atoms with Gasteiger partial charge in [0, 0.05) is 21.7 Å². The quantitative estimate of drug-likeness (QED) is 0.749. The zero-order valence-electron chi connectivity index (χ0n) is 9.71. The van der Waals surface area contributed by atoms with Gasteiger partial charge in [-0.1, -0.05) is 11.6 Å². The number of hydrogen-bond acceptors (Lipinski definition) is 2. The molecule has 0 spiro atoms. The molecule has 1 atom stereocenters. The fourth-order valence-electron chi connectivity index (χ4n) is 1.88. The number of benzene rings is 1. The molecule has 0 radical (unpaired) electrons. The van der Waals surface area contributed by atoms with Gasteiger partial charge in [0.15, 0.2) is 0 Å². The van der Waals surface area contributed by atoms with Crippen LogP contribution in [0.3, 0.4) is 0 Å². The van der Waals surface area contributed by atoms with Crippen molar-refractivity contribution < 1.29 is 4.79 Å². The Balaban J connectivity index is 0.00000162. The standard InChI is InChI=1S/C12H14ClIN2O.ClH/c13-10-6-8(3-4-11(10)14)12(17)16-9-2-1-5-15-7-9;/h3-4,6,9,15H,1-2,5,7H2,(H,16,17);1H/t9-;/m1./s1. The van der Waals surface area contributed by atoms with Crippen LogP contribution in [0.15, 0.2) is 18.2 Å². The summed E-state index contributed by atoms with van der Waals surface area (Å²) in [6.07, 6.45) is 2.15. The summed E-state index contributed by atoms with van der Waals surface area (Å²) in [6, 6.07) is 5.61. The van der Waals surface area contributed by atoms with Crippen LogP contribution in [0.2, 0.25) is 5.02 Å². The molecule has 0 saturated carbocycles. The van der Waals surface area contributed by atoms with Crippen molar-refractivity contribution in [2.45, 2.75) is 18.9 Å². The fraction of sp³-hybridized carbons (Fsp3) is 0.417. The van der Waals surface area contributed by atoms with Crippen molar-refractivity contribution in [2.75, 3.05) is 13.1 Å². The monoisotopic (exact) mass is 400 g/mol. The number of rotatable bonds is 2. The minimum Gasteiger partial charge on any atom is -0.348 e. The van der Waals surface area contributed by atoms with Crippen LogP contribution in [0.5, 0.6) is 0 Å². The third-order valence-electron chi connectivity index (χ3n) is 2.81. The molecule has 6 heteroatoms. The van der Waals surface area contributed by atoms with Crippen LogP contribution < -0.4 is 10.6 Å². The summed E-state index contributed by atoms with van der Waals surface area (Å²) in [5, 5.41) is 6.91. The molecule has 1 aliphatic heterocycles. The van der Waals surface area contributed by atoms with Crippen molar-refractivity contribution in [1.29, 1.82) is 0 Å². The van der Waals surface area contributed by atoms with Crippen molar-refractivity contribution in [2.24, 2.45) is 0 Å². The van der Waals surface area contributed by atoms with Crippen LogP contribution in [0.1, 0.15) is 23.2 Å². The fourth-order valence-corrected chi connectivity index (χ4v) is 2.40. The Labute approximate surface area is 132 Å². The third-order valence-corrected chi connectivity index (χ3v) is 4.39. The van der Waals surface area contributed by atoms with Gasteiger partial charge >= 0.3 is 0 Å². The number of piperidine rings is 1. The van der Waals surface area contributed by atoms with Crippen molar-refractivity contribution in [3.8, 4) is 0 Å². The average molecular weight is 401 g/mol.